The van der Waals surface area contributed by atoms with Gasteiger partial charge in [-0.05, 0) is 62.1 Å². The molecule has 2 aromatic carbocycles. The van der Waals surface area contributed by atoms with E-state index in [2.05, 4.69) is 4.72 Å². The van der Waals surface area contributed by atoms with E-state index in [0.717, 1.165) is 24.1 Å². The van der Waals surface area contributed by atoms with E-state index in [1.165, 1.54) is 0 Å². The lowest BCUT2D eigenvalue weighted by Crippen LogP contribution is -2.36. The van der Waals surface area contributed by atoms with Gasteiger partial charge in [-0.3, -0.25) is 4.79 Å². The fourth-order valence-corrected chi connectivity index (χ4v) is 4.71. The maximum absolute atomic E-state index is 12.7. The molecule has 0 aromatic heterocycles. The number of para-hydroxylation sites is 1. The van der Waals surface area contributed by atoms with Gasteiger partial charge in [0.25, 0.3) is 0 Å². The molecule has 148 valence electrons. The molecular formula is C21H24N2O4S. The van der Waals surface area contributed by atoms with E-state index in [0.29, 0.717) is 18.7 Å². The number of fused-ring (bicyclic) bond motifs is 1. The number of nitrogens with zero attached hydrogens (tertiary/aromatic N) is 1. The number of nitrogens with one attached hydrogen (secondary N) is 1. The summed E-state index contributed by atoms with van der Waals surface area (Å²) < 4.78 is 33.8. The molecule has 0 radical (unpaired) electrons. The van der Waals surface area contributed by atoms with Crippen molar-refractivity contribution in [3.8, 4) is 5.75 Å². The molecule has 1 fully saturated rings. The third kappa shape index (κ3) is 4.05. The molecule has 1 aliphatic carbocycles. The highest BCUT2D eigenvalue weighted by molar-refractivity contribution is 7.89. The van der Waals surface area contributed by atoms with Crippen molar-refractivity contribution >= 4 is 21.6 Å². The number of hydrogen-bond donors (Lipinski definition) is 1. The molecule has 0 bridgehead atoms. The van der Waals surface area contributed by atoms with Crippen molar-refractivity contribution in [3.63, 3.8) is 0 Å². The minimum absolute atomic E-state index is 0.154. The lowest BCUT2D eigenvalue weighted by molar-refractivity contribution is -0.119. The van der Waals surface area contributed by atoms with Crippen LogP contribution in [0.2, 0.25) is 0 Å². The topological polar surface area (TPSA) is 75.7 Å². The fourth-order valence-electron chi connectivity index (χ4n) is 3.43. The van der Waals surface area contributed by atoms with Crippen LogP contribution in [0.25, 0.3) is 0 Å². The highest BCUT2D eigenvalue weighted by Gasteiger charge is 2.36. The van der Waals surface area contributed by atoms with Crippen LogP contribution in [-0.4, -0.2) is 33.5 Å². The molecule has 1 N–H and O–H groups in total. The monoisotopic (exact) mass is 400 g/mol. The zero-order valence-electron chi connectivity index (χ0n) is 15.8. The van der Waals surface area contributed by atoms with E-state index < -0.39 is 10.0 Å². The van der Waals surface area contributed by atoms with Crippen molar-refractivity contribution in [1.29, 1.82) is 0 Å². The van der Waals surface area contributed by atoms with Crippen LogP contribution in [0, 0.1) is 5.92 Å². The van der Waals surface area contributed by atoms with Crippen LogP contribution in [-0.2, 0) is 21.2 Å². The first kappa shape index (κ1) is 19.0. The number of benzene rings is 2. The quantitative estimate of drug-likeness (QED) is 0.775. The van der Waals surface area contributed by atoms with Crippen LogP contribution in [0.5, 0.6) is 5.75 Å². The minimum Gasteiger partial charge on any atom is -0.492 e. The van der Waals surface area contributed by atoms with Gasteiger partial charge in [-0.15, -0.1) is 0 Å². The fraction of sp³-hybridized carbons (Fsp3) is 0.381. The number of amides is 1. The van der Waals surface area contributed by atoms with Crippen LogP contribution in [0.4, 0.5) is 5.69 Å². The molecule has 0 unspecified atom stereocenters. The average Bonchev–Trinajstić information content (AvgIpc) is 3.45. The number of anilines is 1. The zero-order valence-corrected chi connectivity index (χ0v) is 16.6. The van der Waals surface area contributed by atoms with E-state index in [9.17, 15) is 13.2 Å². The summed E-state index contributed by atoms with van der Waals surface area (Å²) in [6.07, 6.45) is 2.61. The Labute approximate surface area is 165 Å². The number of ether oxygens (including phenoxy) is 1. The van der Waals surface area contributed by atoms with Crippen LogP contribution < -0.4 is 14.4 Å². The average molecular weight is 401 g/mol. The second kappa shape index (κ2) is 7.56. The zero-order chi connectivity index (χ0) is 19.7. The number of carbonyl (C=O) groups excluding carboxylic acids is 1. The van der Waals surface area contributed by atoms with Crippen LogP contribution in [0.1, 0.15) is 25.3 Å². The Bertz CT molecular complexity index is 971. The molecule has 1 atom stereocenters. The molecule has 1 aliphatic heterocycles. The van der Waals surface area contributed by atoms with Gasteiger partial charge in [-0.1, -0.05) is 18.2 Å². The maximum Gasteiger partial charge on any atom is 0.240 e. The molecule has 28 heavy (non-hydrogen) atoms. The van der Waals surface area contributed by atoms with Crippen LogP contribution in [0.15, 0.2) is 53.4 Å². The normalized spacial score (nSPS) is 17.2. The van der Waals surface area contributed by atoms with Gasteiger partial charge in [0.15, 0.2) is 0 Å². The van der Waals surface area contributed by atoms with Crippen molar-refractivity contribution in [1.82, 2.24) is 4.72 Å². The molecule has 0 spiro atoms. The molecule has 2 aliphatic rings. The van der Waals surface area contributed by atoms with Gasteiger partial charge < -0.3 is 9.64 Å². The minimum atomic E-state index is -3.66. The third-order valence-corrected chi connectivity index (χ3v) is 6.64. The standard InChI is InChI=1S/C21H24N2O4S/c1-15(14-27-18-5-3-2-4-6-18)22-28(25,26)19-9-10-20-17(13-19)11-12-23(20)21(24)16-7-8-16/h2-6,9-10,13,15-16,22H,7-8,11-12,14H2,1H3/t15-/m1/s1. The third-order valence-electron chi connectivity index (χ3n) is 5.05. The summed E-state index contributed by atoms with van der Waals surface area (Å²) in [6, 6.07) is 13.9. The lowest BCUT2D eigenvalue weighted by atomic mass is 10.2. The predicted molar refractivity (Wildman–Crippen MR) is 107 cm³/mol. The Hall–Kier alpha value is -2.38. The van der Waals surface area contributed by atoms with Gasteiger partial charge in [-0.25, -0.2) is 13.1 Å². The molecule has 1 amide bonds. The van der Waals surface area contributed by atoms with Crippen molar-refractivity contribution < 1.29 is 17.9 Å². The molecule has 6 nitrogen and oxygen atoms in total. The van der Waals surface area contributed by atoms with Gasteiger partial charge in [0, 0.05) is 18.2 Å². The first-order valence-corrected chi connectivity index (χ1v) is 11.1. The van der Waals surface area contributed by atoms with Crippen molar-refractivity contribution in [2.75, 3.05) is 18.1 Å². The molecule has 0 saturated heterocycles. The van der Waals surface area contributed by atoms with Gasteiger partial charge >= 0.3 is 0 Å². The SMILES string of the molecule is C[C@H](COc1ccccc1)NS(=O)(=O)c1ccc2c(c1)CCN2C(=O)C1CC1. The molecular weight excluding hydrogens is 376 g/mol. The summed E-state index contributed by atoms with van der Waals surface area (Å²) in [5.41, 5.74) is 1.75. The summed E-state index contributed by atoms with van der Waals surface area (Å²) in [6.45, 7) is 2.63. The van der Waals surface area contributed by atoms with Crippen molar-refractivity contribution in [3.05, 3.63) is 54.1 Å². The maximum atomic E-state index is 12.7. The Morgan fingerprint density at radius 3 is 2.68 bits per heavy atom. The number of carbonyl (C=O) groups is 1. The molecule has 1 heterocycles. The van der Waals surface area contributed by atoms with E-state index in [4.69, 9.17) is 4.74 Å². The Balaban J connectivity index is 1.42. The Morgan fingerprint density at radius 1 is 1.21 bits per heavy atom. The first-order valence-electron chi connectivity index (χ1n) is 9.58. The summed E-state index contributed by atoms with van der Waals surface area (Å²) in [4.78, 5) is 14.4. The summed E-state index contributed by atoms with van der Waals surface area (Å²) in [5, 5.41) is 0. The van der Waals surface area contributed by atoms with Crippen LogP contribution in [0.3, 0.4) is 0 Å². The van der Waals surface area contributed by atoms with E-state index in [1.807, 2.05) is 30.3 Å². The second-order valence-electron chi connectivity index (χ2n) is 7.45. The number of rotatable bonds is 7. The van der Waals surface area contributed by atoms with Gasteiger partial charge in [0.2, 0.25) is 15.9 Å². The highest BCUT2D eigenvalue weighted by atomic mass is 32.2. The van der Waals surface area contributed by atoms with Crippen LogP contribution >= 0.6 is 0 Å². The van der Waals surface area contributed by atoms with Crippen molar-refractivity contribution in [2.24, 2.45) is 5.92 Å². The highest BCUT2D eigenvalue weighted by Crippen LogP contribution is 2.37. The second-order valence-corrected chi connectivity index (χ2v) is 9.17. The molecule has 1 saturated carbocycles. The Kier molecular flexibility index (Phi) is 5.12. The number of sulfonamides is 1. The first-order chi connectivity index (χ1) is 13.4. The number of hydrogen-bond acceptors (Lipinski definition) is 4. The smallest absolute Gasteiger partial charge is 0.240 e. The van der Waals surface area contributed by atoms with Gasteiger partial charge in [-0.2, -0.15) is 0 Å². The van der Waals surface area contributed by atoms with Crippen molar-refractivity contribution in [2.45, 2.75) is 37.1 Å². The van der Waals surface area contributed by atoms with E-state index in [-0.39, 0.29) is 29.4 Å². The largest absolute Gasteiger partial charge is 0.492 e. The molecule has 7 heteroatoms. The van der Waals surface area contributed by atoms with Gasteiger partial charge in [0.05, 0.1) is 10.9 Å². The van der Waals surface area contributed by atoms with E-state index in [1.54, 1.807) is 30.0 Å². The molecule has 2 aromatic rings. The molecule has 4 rings (SSSR count). The summed E-state index contributed by atoms with van der Waals surface area (Å²) in [7, 11) is -3.66. The Morgan fingerprint density at radius 2 is 1.96 bits per heavy atom. The summed E-state index contributed by atoms with van der Waals surface area (Å²) >= 11 is 0. The lowest BCUT2D eigenvalue weighted by Gasteiger charge is -2.18. The van der Waals surface area contributed by atoms with E-state index >= 15 is 0 Å². The van der Waals surface area contributed by atoms with Gasteiger partial charge in [0.1, 0.15) is 12.4 Å². The predicted octanol–water partition coefficient (Wildman–Crippen LogP) is 2.73. The summed E-state index contributed by atoms with van der Waals surface area (Å²) in [5.74, 6) is 1.02.